The summed E-state index contributed by atoms with van der Waals surface area (Å²) in [5, 5.41) is 3.29. The van der Waals surface area contributed by atoms with Crippen molar-refractivity contribution in [1.82, 2.24) is 5.32 Å². The van der Waals surface area contributed by atoms with Crippen molar-refractivity contribution < 1.29 is 14.3 Å². The van der Waals surface area contributed by atoms with Gasteiger partial charge in [-0.25, -0.2) is 4.79 Å². The number of nitrogens with one attached hydrogen (secondary N) is 1. The van der Waals surface area contributed by atoms with Crippen LogP contribution in [0.4, 0.5) is 5.69 Å². The van der Waals surface area contributed by atoms with Crippen molar-refractivity contribution in [2.45, 2.75) is 19.3 Å². The highest BCUT2D eigenvalue weighted by atomic mass is 16.5. The number of hydrogen-bond donors (Lipinski definition) is 2. The Hall–Kier alpha value is -1.88. The normalized spacial score (nSPS) is 15.8. The molecule has 1 saturated heterocycles. The monoisotopic (exact) mass is 276 g/mol. The molecule has 2 rings (SSSR count). The highest BCUT2D eigenvalue weighted by molar-refractivity contribution is 6.40. The Balaban J connectivity index is 1.78. The van der Waals surface area contributed by atoms with Crippen LogP contribution in [0, 0.1) is 5.92 Å². The number of rotatable bonds is 5. The first-order chi connectivity index (χ1) is 9.66. The molecule has 0 radical (unpaired) electrons. The molecule has 1 aliphatic heterocycles. The molecule has 20 heavy (non-hydrogen) atoms. The predicted molar refractivity (Wildman–Crippen MR) is 76.4 cm³/mol. The zero-order chi connectivity index (χ0) is 14.4. The molecule has 1 heterocycles. The number of hydrogen-bond acceptors (Lipinski definition) is 5. The summed E-state index contributed by atoms with van der Waals surface area (Å²) in [6, 6.07) is 6.35. The number of carbonyl (C=O) groups is 2. The Kier molecular flexibility index (Phi) is 5.12. The molecule has 0 unspecified atom stereocenters. The van der Waals surface area contributed by atoms with E-state index in [0.717, 1.165) is 32.4 Å². The molecule has 0 aliphatic carbocycles. The predicted octanol–water partition coefficient (Wildman–Crippen LogP) is 1.38. The minimum Gasteiger partial charge on any atom is -0.460 e. The summed E-state index contributed by atoms with van der Waals surface area (Å²) >= 11 is 0. The van der Waals surface area contributed by atoms with E-state index in [-0.39, 0.29) is 5.56 Å². The molecule has 0 atom stereocenters. The quantitative estimate of drug-likeness (QED) is 0.367. The molecule has 1 aromatic carbocycles. The summed E-state index contributed by atoms with van der Waals surface area (Å²) in [5.41, 5.74) is 6.32. The highest BCUT2D eigenvalue weighted by Crippen LogP contribution is 2.16. The summed E-state index contributed by atoms with van der Waals surface area (Å²) in [5.74, 6) is -0.862. The molecule has 5 heteroatoms. The molecular weight excluding hydrogens is 256 g/mol. The van der Waals surface area contributed by atoms with Crippen molar-refractivity contribution >= 4 is 17.4 Å². The lowest BCUT2D eigenvalue weighted by molar-refractivity contribution is -0.138. The molecule has 5 nitrogen and oxygen atoms in total. The fourth-order valence-electron chi connectivity index (χ4n) is 2.35. The maximum Gasteiger partial charge on any atom is 0.379 e. The number of benzene rings is 1. The fraction of sp³-hybridized carbons (Fsp3) is 0.467. The van der Waals surface area contributed by atoms with Gasteiger partial charge in [-0.3, -0.25) is 4.79 Å². The molecule has 0 saturated carbocycles. The minimum absolute atomic E-state index is 0.275. The number of anilines is 1. The number of nitrogens with two attached hydrogens (primary N) is 1. The Morgan fingerprint density at radius 1 is 1.30 bits per heavy atom. The first kappa shape index (κ1) is 14.5. The van der Waals surface area contributed by atoms with Crippen LogP contribution in [0.3, 0.4) is 0 Å². The third kappa shape index (κ3) is 4.06. The lowest BCUT2D eigenvalue weighted by Crippen LogP contribution is -2.28. The third-order valence-electron chi connectivity index (χ3n) is 3.55. The maximum atomic E-state index is 11.8. The standard InChI is InChI=1S/C15H20N2O3/c16-13-3-1-2-12(10-13)14(18)15(19)20-9-6-11-4-7-17-8-5-11/h1-3,10-11,17H,4-9,16H2. The van der Waals surface area contributed by atoms with Gasteiger partial charge in [-0.15, -0.1) is 0 Å². The van der Waals surface area contributed by atoms with Gasteiger partial charge in [0.2, 0.25) is 0 Å². The Morgan fingerprint density at radius 3 is 2.75 bits per heavy atom. The number of esters is 1. The lowest BCUT2D eigenvalue weighted by atomic mass is 9.95. The summed E-state index contributed by atoms with van der Waals surface area (Å²) in [4.78, 5) is 23.5. The van der Waals surface area contributed by atoms with Crippen molar-refractivity contribution in [2.24, 2.45) is 5.92 Å². The van der Waals surface area contributed by atoms with E-state index < -0.39 is 11.8 Å². The van der Waals surface area contributed by atoms with Crippen LogP contribution in [-0.2, 0) is 9.53 Å². The molecular formula is C15H20N2O3. The molecule has 3 N–H and O–H groups in total. The van der Waals surface area contributed by atoms with Crippen molar-refractivity contribution in [3.8, 4) is 0 Å². The van der Waals surface area contributed by atoms with E-state index in [1.54, 1.807) is 18.2 Å². The SMILES string of the molecule is Nc1cccc(C(=O)C(=O)OCCC2CCNCC2)c1. The second kappa shape index (κ2) is 7.05. The second-order valence-electron chi connectivity index (χ2n) is 5.07. The first-order valence-electron chi connectivity index (χ1n) is 6.94. The van der Waals surface area contributed by atoms with Crippen LogP contribution in [0.25, 0.3) is 0 Å². The van der Waals surface area contributed by atoms with E-state index in [1.165, 1.54) is 6.07 Å². The topological polar surface area (TPSA) is 81.4 Å². The van der Waals surface area contributed by atoms with Crippen LogP contribution in [0.2, 0.25) is 0 Å². The Bertz CT molecular complexity index is 482. The van der Waals surface area contributed by atoms with Crippen LogP contribution in [0.1, 0.15) is 29.6 Å². The van der Waals surface area contributed by atoms with Crippen LogP contribution in [0.5, 0.6) is 0 Å². The van der Waals surface area contributed by atoms with Gasteiger partial charge in [-0.05, 0) is 50.4 Å². The van der Waals surface area contributed by atoms with Crippen LogP contribution in [0.15, 0.2) is 24.3 Å². The highest BCUT2D eigenvalue weighted by Gasteiger charge is 2.19. The van der Waals surface area contributed by atoms with Crippen LogP contribution in [-0.4, -0.2) is 31.4 Å². The summed E-state index contributed by atoms with van der Waals surface area (Å²) in [6.07, 6.45) is 3.01. The smallest absolute Gasteiger partial charge is 0.379 e. The average molecular weight is 276 g/mol. The minimum atomic E-state index is -0.801. The molecule has 1 aliphatic rings. The number of piperidine rings is 1. The van der Waals surface area contributed by atoms with Gasteiger partial charge in [0.25, 0.3) is 5.78 Å². The summed E-state index contributed by atoms with van der Waals surface area (Å²) in [7, 11) is 0. The van der Waals surface area contributed by atoms with Gasteiger partial charge in [0.1, 0.15) is 0 Å². The summed E-state index contributed by atoms with van der Waals surface area (Å²) in [6.45, 7) is 2.33. The Morgan fingerprint density at radius 2 is 2.05 bits per heavy atom. The Labute approximate surface area is 118 Å². The third-order valence-corrected chi connectivity index (χ3v) is 3.55. The van der Waals surface area contributed by atoms with Gasteiger partial charge >= 0.3 is 5.97 Å². The molecule has 0 aromatic heterocycles. The van der Waals surface area contributed by atoms with Gasteiger partial charge in [-0.1, -0.05) is 12.1 Å². The lowest BCUT2D eigenvalue weighted by Gasteiger charge is -2.22. The van der Waals surface area contributed by atoms with Gasteiger partial charge in [0.15, 0.2) is 0 Å². The second-order valence-corrected chi connectivity index (χ2v) is 5.07. The van der Waals surface area contributed by atoms with Crippen molar-refractivity contribution in [3.63, 3.8) is 0 Å². The maximum absolute atomic E-state index is 11.8. The van der Waals surface area contributed by atoms with E-state index in [9.17, 15) is 9.59 Å². The van der Waals surface area contributed by atoms with E-state index in [1.807, 2.05) is 0 Å². The number of Topliss-reactive ketones (excluding diaryl/α,β-unsaturated/α-hetero) is 1. The molecule has 0 spiro atoms. The van der Waals surface area contributed by atoms with Gasteiger partial charge in [0, 0.05) is 11.3 Å². The molecule has 108 valence electrons. The van der Waals surface area contributed by atoms with Crippen molar-refractivity contribution in [2.75, 3.05) is 25.4 Å². The zero-order valence-electron chi connectivity index (χ0n) is 11.4. The average Bonchev–Trinajstić information content (AvgIpc) is 2.47. The van der Waals surface area contributed by atoms with E-state index >= 15 is 0 Å². The number of carbonyl (C=O) groups excluding carboxylic acids is 2. The van der Waals surface area contributed by atoms with E-state index in [0.29, 0.717) is 18.2 Å². The van der Waals surface area contributed by atoms with Crippen LogP contribution < -0.4 is 11.1 Å². The first-order valence-corrected chi connectivity index (χ1v) is 6.94. The van der Waals surface area contributed by atoms with Crippen LogP contribution >= 0.6 is 0 Å². The molecule has 0 bridgehead atoms. The van der Waals surface area contributed by atoms with Crippen molar-refractivity contribution in [3.05, 3.63) is 29.8 Å². The van der Waals surface area contributed by atoms with Gasteiger partial charge in [0.05, 0.1) is 6.61 Å². The van der Waals surface area contributed by atoms with Gasteiger partial charge in [-0.2, -0.15) is 0 Å². The van der Waals surface area contributed by atoms with Crippen molar-refractivity contribution in [1.29, 1.82) is 0 Å². The molecule has 1 fully saturated rings. The number of nitrogen functional groups attached to an aromatic ring is 1. The summed E-state index contributed by atoms with van der Waals surface area (Å²) < 4.78 is 5.05. The largest absolute Gasteiger partial charge is 0.460 e. The van der Waals surface area contributed by atoms with Gasteiger partial charge < -0.3 is 15.8 Å². The number of ether oxygens (including phenoxy) is 1. The fourth-order valence-corrected chi connectivity index (χ4v) is 2.35. The zero-order valence-corrected chi connectivity index (χ0v) is 11.4. The van der Waals surface area contributed by atoms with E-state index in [2.05, 4.69) is 5.32 Å². The molecule has 1 aromatic rings. The van der Waals surface area contributed by atoms with E-state index in [4.69, 9.17) is 10.5 Å². The number of ketones is 1. The molecule has 0 amide bonds.